The number of H-pyrrole nitrogens is 1. The molecule has 0 saturated carbocycles. The van der Waals surface area contributed by atoms with Crippen LogP contribution in [0.3, 0.4) is 0 Å². The molecule has 0 amide bonds. The van der Waals surface area contributed by atoms with Crippen LogP contribution in [0.1, 0.15) is 27.7 Å². The molecule has 0 spiro atoms. The predicted octanol–water partition coefficient (Wildman–Crippen LogP) is -0.667. The van der Waals surface area contributed by atoms with Crippen LogP contribution in [0.2, 0.25) is 0 Å². The fourth-order valence-electron chi connectivity index (χ4n) is 2.63. The number of rotatable bonds is 2. The number of nitrogens with zero attached hydrogens (tertiary/aromatic N) is 1. The molecule has 21 heavy (non-hydrogen) atoms. The van der Waals surface area contributed by atoms with Crippen molar-refractivity contribution >= 4 is 0 Å². The van der Waals surface area contributed by atoms with Crippen molar-refractivity contribution in [2.24, 2.45) is 0 Å². The Bertz CT molecular complexity index is 637. The molecule has 0 radical (unpaired) electrons. The van der Waals surface area contributed by atoms with E-state index in [-0.39, 0.29) is 21.1 Å². The quantitative estimate of drug-likeness (QED) is 0.501. The van der Waals surface area contributed by atoms with Gasteiger partial charge in [0, 0.05) is 18.0 Å². The number of ether oxygens (including phenoxy) is 1. The molecule has 0 aliphatic carbocycles. The van der Waals surface area contributed by atoms with Gasteiger partial charge in [0.1, 0.15) is 0 Å². The number of aliphatic hydroxyl groups excluding tert-OH is 1. The van der Waals surface area contributed by atoms with Gasteiger partial charge in [-0.15, -0.1) is 0 Å². The number of hydrogen-bond acceptors (Lipinski definition) is 5. The Balaban J connectivity index is 0.00000220. The van der Waals surface area contributed by atoms with Gasteiger partial charge < -0.3 is 14.9 Å². The van der Waals surface area contributed by atoms with Crippen molar-refractivity contribution in [3.8, 4) is 0 Å². The molecular formula is C13H19N2O5W+. The molecule has 1 aromatic rings. The first-order valence-electron chi connectivity index (χ1n) is 6.29. The zero-order valence-corrected chi connectivity index (χ0v) is 15.3. The average Bonchev–Trinajstić information content (AvgIpc) is 2.49. The molecule has 7 nitrogen and oxygen atoms in total. The van der Waals surface area contributed by atoms with E-state index in [1.165, 1.54) is 23.8 Å². The third-order valence-corrected chi connectivity index (χ3v) is 4.47. The smallest absolute Gasteiger partial charge is 0.419 e. The summed E-state index contributed by atoms with van der Waals surface area (Å²) in [5, 5.41) is 20.1. The molecule has 1 fully saturated rings. The summed E-state index contributed by atoms with van der Waals surface area (Å²) >= 11 is 0. The largest absolute Gasteiger partial charge is 2.00 e. The molecule has 0 bridgehead atoms. The first-order valence-corrected chi connectivity index (χ1v) is 6.29. The summed E-state index contributed by atoms with van der Waals surface area (Å²) in [5.41, 5.74) is -5.09. The van der Waals surface area contributed by atoms with Crippen molar-refractivity contribution in [2.45, 2.75) is 44.6 Å². The number of aliphatic hydroxyl groups is 2. The predicted molar refractivity (Wildman–Crippen MR) is 71.1 cm³/mol. The second-order valence-electron chi connectivity index (χ2n) is 5.65. The Kier molecular flexibility index (Phi) is 4.76. The fourth-order valence-corrected chi connectivity index (χ4v) is 2.63. The first kappa shape index (κ1) is 18.3. The van der Waals surface area contributed by atoms with Crippen LogP contribution in [0.25, 0.3) is 0 Å². The Morgan fingerprint density at radius 2 is 1.95 bits per heavy atom. The van der Waals surface area contributed by atoms with Crippen LogP contribution in [0.5, 0.6) is 0 Å². The molecule has 8 heteroatoms. The van der Waals surface area contributed by atoms with Crippen molar-refractivity contribution in [3.05, 3.63) is 39.0 Å². The monoisotopic (exact) mass is 467 g/mol. The summed E-state index contributed by atoms with van der Waals surface area (Å²) in [6, 6.07) is 1.20. The number of aromatic nitrogens is 2. The van der Waals surface area contributed by atoms with E-state index in [0.717, 1.165) is 0 Å². The van der Waals surface area contributed by atoms with Crippen molar-refractivity contribution in [1.82, 2.24) is 9.55 Å². The third-order valence-electron chi connectivity index (χ3n) is 4.47. The van der Waals surface area contributed by atoms with E-state index in [1.54, 1.807) is 20.8 Å². The topological polar surface area (TPSA) is 105 Å². The zero-order chi connectivity index (χ0) is 15.3. The molecule has 3 atom stereocenters. The maximum atomic E-state index is 12.0. The zero-order valence-electron chi connectivity index (χ0n) is 12.3. The standard InChI is InChI=1S/C13H19N2O5.W/c1-8-12(3,19)11(2,7-16)20-13(8,4)15-6-5-9(17)14-10(15)18;/h5-6,16,19H,7H2,1-4H3,(H,14,17,18);/q-1;+2. The molecule has 1 saturated heterocycles. The van der Waals surface area contributed by atoms with Crippen LogP contribution in [-0.2, 0) is 31.5 Å². The van der Waals surface area contributed by atoms with Crippen LogP contribution in [0, 0.1) is 5.92 Å². The van der Waals surface area contributed by atoms with Crippen molar-refractivity contribution < 1.29 is 36.0 Å². The summed E-state index contributed by atoms with van der Waals surface area (Å²) in [7, 11) is 0. The van der Waals surface area contributed by atoms with E-state index in [1.807, 2.05) is 0 Å². The van der Waals surface area contributed by atoms with Crippen LogP contribution in [0.4, 0.5) is 0 Å². The second-order valence-corrected chi connectivity index (χ2v) is 5.65. The average molecular weight is 467 g/mol. The van der Waals surface area contributed by atoms with Gasteiger partial charge in [-0.05, 0) is 19.4 Å². The van der Waals surface area contributed by atoms with Gasteiger partial charge in [-0.2, -0.15) is 6.92 Å². The molecular weight excluding hydrogens is 448 g/mol. The van der Waals surface area contributed by atoms with Gasteiger partial charge in [0.15, 0.2) is 0 Å². The SMILES string of the molecule is C[C-]1C(C)(n2ccc(=O)[nH]c2=O)OC(C)(CO)C1(C)O.[W+2]. The van der Waals surface area contributed by atoms with Gasteiger partial charge in [-0.3, -0.25) is 14.3 Å². The van der Waals surface area contributed by atoms with Crippen molar-refractivity contribution in [2.75, 3.05) is 6.61 Å². The molecule has 3 unspecified atom stereocenters. The summed E-state index contributed by atoms with van der Waals surface area (Å²) in [4.78, 5) is 25.3. The van der Waals surface area contributed by atoms with E-state index in [4.69, 9.17) is 4.74 Å². The Labute approximate surface area is 136 Å². The van der Waals surface area contributed by atoms with Crippen LogP contribution in [-0.4, -0.2) is 37.6 Å². The van der Waals surface area contributed by atoms with Crippen LogP contribution >= 0.6 is 0 Å². The molecule has 2 rings (SSSR count). The maximum Gasteiger partial charge on any atom is 2.00 e. The summed E-state index contributed by atoms with van der Waals surface area (Å²) in [5.74, 6) is 0.468. The molecule has 0 aromatic carbocycles. The minimum absolute atomic E-state index is 0. The van der Waals surface area contributed by atoms with E-state index >= 15 is 0 Å². The molecule has 3 N–H and O–H groups in total. The van der Waals surface area contributed by atoms with Gasteiger partial charge in [0.25, 0.3) is 5.56 Å². The summed E-state index contributed by atoms with van der Waals surface area (Å²) in [6.45, 7) is 5.94. The third kappa shape index (κ3) is 2.46. The van der Waals surface area contributed by atoms with E-state index in [9.17, 15) is 19.8 Å². The molecule has 1 aliphatic rings. The summed E-state index contributed by atoms with van der Waals surface area (Å²) < 4.78 is 7.02. The van der Waals surface area contributed by atoms with Crippen LogP contribution < -0.4 is 11.2 Å². The van der Waals surface area contributed by atoms with E-state index < -0.39 is 34.8 Å². The van der Waals surface area contributed by atoms with Gasteiger partial charge in [0.2, 0.25) is 0 Å². The van der Waals surface area contributed by atoms with E-state index in [2.05, 4.69) is 4.98 Å². The fraction of sp³-hybridized carbons (Fsp3) is 0.615. The Morgan fingerprint density at radius 3 is 2.38 bits per heavy atom. The van der Waals surface area contributed by atoms with Gasteiger partial charge in [-0.25, -0.2) is 10.7 Å². The van der Waals surface area contributed by atoms with Gasteiger partial charge in [-0.1, -0.05) is 6.92 Å². The van der Waals surface area contributed by atoms with Gasteiger partial charge >= 0.3 is 26.8 Å². The van der Waals surface area contributed by atoms with Crippen molar-refractivity contribution in [1.29, 1.82) is 0 Å². The number of nitrogens with one attached hydrogen (secondary N) is 1. The molecule has 1 aromatic heterocycles. The van der Waals surface area contributed by atoms with Crippen LogP contribution in [0.15, 0.2) is 21.9 Å². The Hall–Kier alpha value is -0.752. The minimum Gasteiger partial charge on any atom is -0.419 e. The van der Waals surface area contributed by atoms with Crippen molar-refractivity contribution in [3.63, 3.8) is 0 Å². The normalized spacial score (nSPS) is 36.5. The second kappa shape index (κ2) is 5.46. The summed E-state index contributed by atoms with van der Waals surface area (Å²) in [6.07, 6.45) is 1.31. The maximum absolute atomic E-state index is 12.0. The van der Waals surface area contributed by atoms with E-state index in [0.29, 0.717) is 5.92 Å². The molecule has 2 heterocycles. The number of aromatic amines is 1. The minimum atomic E-state index is -1.42. The number of hydrogen-bond donors (Lipinski definition) is 3. The van der Waals surface area contributed by atoms with Gasteiger partial charge in [0.05, 0.1) is 12.2 Å². The first-order chi connectivity index (χ1) is 9.08. The molecule has 116 valence electrons. The molecule has 1 aliphatic heterocycles. The Morgan fingerprint density at radius 1 is 1.38 bits per heavy atom.